The number of benzene rings is 2. The number of piperidine rings is 1. The van der Waals surface area contributed by atoms with Crippen LogP contribution in [0.3, 0.4) is 0 Å². The van der Waals surface area contributed by atoms with Crippen LogP contribution in [0.2, 0.25) is 0 Å². The Balaban J connectivity index is 0.881. The van der Waals surface area contributed by atoms with Gasteiger partial charge in [-0.25, -0.2) is 18.1 Å². The van der Waals surface area contributed by atoms with Crippen LogP contribution in [-0.4, -0.2) is 121 Å². The number of anilines is 2. The second kappa shape index (κ2) is 20.6. The number of carbonyl (C=O) groups excluding carboxylic acids is 1. The average molecular weight is 1010 g/mol. The summed E-state index contributed by atoms with van der Waals surface area (Å²) in [4.78, 5) is 42.2. The molecule has 1 spiro atoms. The predicted octanol–water partition coefficient (Wildman–Crippen LogP) is 8.29. The average Bonchev–Trinajstić information content (AvgIpc) is 4.05. The highest BCUT2D eigenvalue weighted by molar-refractivity contribution is 7.90. The number of pyridine rings is 2. The van der Waals surface area contributed by atoms with E-state index in [1.807, 2.05) is 6.07 Å². The first-order chi connectivity index (χ1) is 34.6. The van der Waals surface area contributed by atoms with Crippen LogP contribution in [-0.2, 0) is 19.5 Å². The lowest BCUT2D eigenvalue weighted by molar-refractivity contribution is -0.384. The van der Waals surface area contributed by atoms with Crippen molar-refractivity contribution in [2.24, 2.45) is 11.3 Å². The molecule has 0 unspecified atom stereocenters. The van der Waals surface area contributed by atoms with Crippen LogP contribution in [0, 0.1) is 21.4 Å². The van der Waals surface area contributed by atoms with E-state index < -0.39 is 37.0 Å². The van der Waals surface area contributed by atoms with Crippen molar-refractivity contribution < 1.29 is 42.2 Å². The Bertz CT molecular complexity index is 2880. The Morgan fingerprint density at radius 2 is 1.81 bits per heavy atom. The van der Waals surface area contributed by atoms with Crippen molar-refractivity contribution in [1.82, 2.24) is 24.6 Å². The van der Waals surface area contributed by atoms with Gasteiger partial charge in [0.05, 0.1) is 42.1 Å². The van der Waals surface area contributed by atoms with Gasteiger partial charge < -0.3 is 39.3 Å². The van der Waals surface area contributed by atoms with E-state index in [4.69, 9.17) is 18.9 Å². The normalized spacial score (nSPS) is 24.5. The number of sulfonamides is 1. The molecule has 2 aromatic carbocycles. The number of nitrogens with one attached hydrogen (secondary N) is 3. The van der Waals surface area contributed by atoms with Gasteiger partial charge in [-0.05, 0) is 117 Å². The minimum Gasteiger partial charge on any atom is -0.472 e. The molecule has 384 valence electrons. The molecule has 3 aromatic heterocycles. The molecule has 10 rings (SSSR count). The SMILES string of the molecule is CC(C)c1ccccc1[C@H]1CCC[C@H]1N1CC2(CCN(c3ccc(C(=O)NS(=O)(=O)c4cnc(NCC5CCC(C)(O)CC5)c([N+](=O)[O-])c4)c(Oc4cc5cc[nH]c5nc4OC[C@@H]4COCCO4)c3)CC2)C1. The van der Waals surface area contributed by atoms with Gasteiger partial charge in [-0.1, -0.05) is 44.5 Å². The molecule has 5 aliphatic rings. The lowest BCUT2D eigenvalue weighted by Gasteiger charge is -2.57. The Hall–Kier alpha value is -5.86. The molecule has 2 aliphatic carbocycles. The minimum absolute atomic E-state index is 0.0518. The van der Waals surface area contributed by atoms with Gasteiger partial charge in [0, 0.05) is 68.2 Å². The Labute approximate surface area is 420 Å². The number of hydrogen-bond donors (Lipinski definition) is 4. The van der Waals surface area contributed by atoms with E-state index in [0.717, 1.165) is 69.8 Å². The zero-order chi connectivity index (χ0) is 50.2. The van der Waals surface area contributed by atoms with E-state index in [2.05, 4.69) is 72.9 Å². The molecule has 19 heteroatoms. The number of aromatic nitrogens is 3. The maximum Gasteiger partial charge on any atom is 0.312 e. The molecule has 4 N–H and O–H groups in total. The number of hydrogen-bond acceptors (Lipinski definition) is 15. The molecule has 72 heavy (non-hydrogen) atoms. The summed E-state index contributed by atoms with van der Waals surface area (Å²) in [5, 5.41) is 26.3. The highest BCUT2D eigenvalue weighted by atomic mass is 32.2. The Morgan fingerprint density at radius 3 is 2.56 bits per heavy atom. The van der Waals surface area contributed by atoms with Gasteiger partial charge in [-0.3, -0.25) is 19.8 Å². The number of aromatic amines is 1. The smallest absolute Gasteiger partial charge is 0.312 e. The van der Waals surface area contributed by atoms with Crippen molar-refractivity contribution in [2.45, 2.75) is 113 Å². The molecule has 3 atom stereocenters. The molecule has 0 bridgehead atoms. The standard InChI is InChI=1S/C53H66N8O10S/c1-34(2)40-7-4-5-8-41(40)42-9-6-10-44(42)60-32-53(33-60)18-21-59(22-19-53)37-11-12-43(46(26-37)71-47-25-36-15-20-54-48(36)57-51(47)70-31-38-30-68-23-24-69-38)50(62)58-72(66,67)39-27-45(61(64)65)49(56-29-39)55-28-35-13-16-52(3,63)17-14-35/h4-5,7-8,11-12,15,20,25-27,29,34-35,38,42,44,63H,6,9-10,13-14,16-19,21-24,28,30-33H2,1-3H3,(H,54,57)(H,55,56)(H,58,62)/t35?,38-,42+,44+,52?/m0/s1. The zero-order valence-electron chi connectivity index (χ0n) is 41.3. The molecule has 6 heterocycles. The molecular weight excluding hydrogens is 941 g/mol. The van der Waals surface area contributed by atoms with E-state index in [-0.39, 0.29) is 52.8 Å². The van der Waals surface area contributed by atoms with Crippen LogP contribution in [0.25, 0.3) is 11.0 Å². The van der Waals surface area contributed by atoms with Gasteiger partial charge >= 0.3 is 5.69 Å². The third kappa shape index (κ3) is 10.8. The summed E-state index contributed by atoms with van der Waals surface area (Å²) in [5.41, 5.74) is 3.14. The summed E-state index contributed by atoms with van der Waals surface area (Å²) in [6.45, 7) is 11.8. The van der Waals surface area contributed by atoms with E-state index in [1.165, 1.54) is 36.5 Å². The van der Waals surface area contributed by atoms with Crippen LogP contribution >= 0.6 is 0 Å². The number of nitrogens with zero attached hydrogens (tertiary/aromatic N) is 5. The molecule has 5 aromatic rings. The lowest BCUT2D eigenvalue weighted by Crippen LogP contribution is -2.63. The van der Waals surface area contributed by atoms with Gasteiger partial charge in [0.25, 0.3) is 21.8 Å². The summed E-state index contributed by atoms with van der Waals surface area (Å²) in [6, 6.07) is 19.1. The summed E-state index contributed by atoms with van der Waals surface area (Å²) in [5.74, 6) is 0.429. The van der Waals surface area contributed by atoms with E-state index >= 15 is 0 Å². The van der Waals surface area contributed by atoms with Gasteiger partial charge in [0.15, 0.2) is 5.75 Å². The fourth-order valence-corrected chi connectivity index (χ4v) is 12.5. The first-order valence-electron chi connectivity index (χ1n) is 25.5. The fraction of sp³-hybridized carbons (Fsp3) is 0.528. The molecule has 3 saturated heterocycles. The third-order valence-corrected chi connectivity index (χ3v) is 17.0. The number of amides is 1. The number of fused-ring (bicyclic) bond motifs is 1. The number of rotatable bonds is 16. The quantitative estimate of drug-likeness (QED) is 0.0539. The van der Waals surface area contributed by atoms with Crippen molar-refractivity contribution >= 4 is 44.2 Å². The topological polar surface area (TPSA) is 224 Å². The van der Waals surface area contributed by atoms with Crippen LogP contribution in [0.5, 0.6) is 17.4 Å². The largest absolute Gasteiger partial charge is 0.472 e. The maximum atomic E-state index is 14.3. The number of likely N-dealkylation sites (tertiary alicyclic amines) is 1. The van der Waals surface area contributed by atoms with Crippen LogP contribution in [0.1, 0.15) is 112 Å². The molecule has 0 radical (unpaired) electrons. The number of ether oxygens (including phenoxy) is 4. The second-order valence-corrected chi connectivity index (χ2v) is 22.9. The zero-order valence-corrected chi connectivity index (χ0v) is 42.1. The minimum atomic E-state index is -4.70. The van der Waals surface area contributed by atoms with Crippen LogP contribution in [0.4, 0.5) is 17.2 Å². The maximum absolute atomic E-state index is 14.3. The molecule has 2 saturated carbocycles. The summed E-state index contributed by atoms with van der Waals surface area (Å²) in [7, 11) is -4.70. The number of H-pyrrole nitrogens is 1. The first kappa shape index (κ1) is 49.7. The van der Waals surface area contributed by atoms with Crippen molar-refractivity contribution in [3.63, 3.8) is 0 Å². The highest BCUT2D eigenvalue weighted by Gasteiger charge is 2.49. The number of aliphatic hydroxyl groups is 1. The third-order valence-electron chi connectivity index (χ3n) is 15.7. The Kier molecular flexibility index (Phi) is 14.2. The summed E-state index contributed by atoms with van der Waals surface area (Å²) in [6.07, 6.45) is 10.7. The fourth-order valence-electron chi connectivity index (χ4n) is 11.6. The first-order valence-corrected chi connectivity index (χ1v) is 27.0. The summed E-state index contributed by atoms with van der Waals surface area (Å²) >= 11 is 0. The molecule has 5 fully saturated rings. The monoisotopic (exact) mass is 1010 g/mol. The van der Waals surface area contributed by atoms with Crippen molar-refractivity contribution in [3.05, 3.63) is 99.9 Å². The van der Waals surface area contributed by atoms with Gasteiger partial charge in [0.1, 0.15) is 29.0 Å². The van der Waals surface area contributed by atoms with Crippen molar-refractivity contribution in [3.8, 4) is 17.4 Å². The molecular formula is C53H66N8O10S. The van der Waals surface area contributed by atoms with E-state index in [9.17, 15) is 28.4 Å². The number of carbonyl (C=O) groups is 1. The lowest BCUT2D eigenvalue weighted by atomic mass is 9.70. The molecule has 18 nitrogen and oxygen atoms in total. The van der Waals surface area contributed by atoms with Crippen LogP contribution in [0.15, 0.2) is 78.0 Å². The van der Waals surface area contributed by atoms with Crippen LogP contribution < -0.4 is 24.4 Å². The van der Waals surface area contributed by atoms with Gasteiger partial charge in [-0.2, -0.15) is 4.98 Å². The Morgan fingerprint density at radius 1 is 1.01 bits per heavy atom. The van der Waals surface area contributed by atoms with Gasteiger partial charge in [0.2, 0.25) is 5.82 Å². The molecule has 1 amide bonds. The van der Waals surface area contributed by atoms with Crippen molar-refractivity contribution in [2.75, 3.05) is 69.4 Å². The molecule has 3 aliphatic heterocycles. The second-order valence-electron chi connectivity index (χ2n) is 21.2. The summed E-state index contributed by atoms with van der Waals surface area (Å²) < 4.78 is 54.2. The highest BCUT2D eigenvalue weighted by Crippen LogP contribution is 2.49. The van der Waals surface area contributed by atoms with Crippen molar-refractivity contribution in [1.29, 1.82) is 0 Å². The van der Waals surface area contributed by atoms with Gasteiger partial charge in [-0.15, -0.1) is 0 Å². The predicted molar refractivity (Wildman–Crippen MR) is 272 cm³/mol. The number of nitro groups is 1. The van der Waals surface area contributed by atoms with E-state index in [1.54, 1.807) is 31.3 Å². The van der Waals surface area contributed by atoms with E-state index in [0.29, 0.717) is 68.1 Å².